The van der Waals surface area contributed by atoms with Crippen molar-refractivity contribution in [1.29, 1.82) is 0 Å². The minimum atomic E-state index is -0.659. The summed E-state index contributed by atoms with van der Waals surface area (Å²) in [5, 5.41) is 9.95. The van der Waals surface area contributed by atoms with E-state index in [4.69, 9.17) is 14.2 Å². The van der Waals surface area contributed by atoms with E-state index >= 15 is 0 Å². The first-order valence-corrected chi connectivity index (χ1v) is 8.32. The quantitative estimate of drug-likeness (QED) is 0.465. The number of carbonyl (C=O) groups excluding carboxylic acids is 2. The number of H-pyrrole nitrogens is 1. The van der Waals surface area contributed by atoms with E-state index < -0.39 is 18.5 Å². The molecule has 0 aliphatic rings. The zero-order chi connectivity index (χ0) is 19.1. The summed E-state index contributed by atoms with van der Waals surface area (Å²) in [6.45, 7) is 0.124. The number of hydrogen-bond acceptors (Lipinski definition) is 6. The molecule has 1 aromatic heterocycles. The fourth-order valence-corrected chi connectivity index (χ4v) is 2.46. The van der Waals surface area contributed by atoms with E-state index in [2.05, 4.69) is 15.5 Å². The molecule has 1 heterocycles. The van der Waals surface area contributed by atoms with Crippen molar-refractivity contribution in [2.45, 2.75) is 0 Å². The number of carbonyl (C=O) groups is 2. The second-order valence-corrected chi connectivity index (χ2v) is 5.54. The molecule has 140 valence electrons. The molecule has 0 unspecified atom stereocenters. The molecule has 0 aliphatic heterocycles. The minimum Gasteiger partial charge on any atom is -0.493 e. The molecule has 0 bridgehead atoms. The van der Waals surface area contributed by atoms with Gasteiger partial charge in [-0.05, 0) is 18.2 Å². The third-order valence-electron chi connectivity index (χ3n) is 3.75. The smallest absolute Gasteiger partial charge is 0.359 e. The summed E-state index contributed by atoms with van der Waals surface area (Å²) in [5.74, 6) is 0.120. The number of methoxy groups -OCH3 is 1. The van der Waals surface area contributed by atoms with Gasteiger partial charge in [0, 0.05) is 5.39 Å². The summed E-state index contributed by atoms with van der Waals surface area (Å²) in [4.78, 5) is 23.9. The van der Waals surface area contributed by atoms with Crippen molar-refractivity contribution < 1.29 is 23.8 Å². The predicted octanol–water partition coefficient (Wildman–Crippen LogP) is 1.92. The first-order chi connectivity index (χ1) is 13.2. The van der Waals surface area contributed by atoms with Crippen LogP contribution in [0.25, 0.3) is 10.9 Å². The van der Waals surface area contributed by atoms with Crippen LogP contribution < -0.4 is 14.8 Å². The fraction of sp³-hybridized carbons (Fsp3) is 0.211. The van der Waals surface area contributed by atoms with Gasteiger partial charge in [-0.1, -0.05) is 30.3 Å². The molecule has 0 radical (unpaired) electrons. The first-order valence-electron chi connectivity index (χ1n) is 8.32. The van der Waals surface area contributed by atoms with Crippen LogP contribution in [0.15, 0.2) is 48.5 Å². The molecule has 27 heavy (non-hydrogen) atoms. The molecule has 1 amide bonds. The molecular formula is C19H19N3O5. The van der Waals surface area contributed by atoms with Gasteiger partial charge in [0.05, 0.1) is 19.2 Å². The van der Waals surface area contributed by atoms with Crippen molar-refractivity contribution in [3.05, 3.63) is 54.2 Å². The van der Waals surface area contributed by atoms with Crippen LogP contribution in [0.2, 0.25) is 0 Å². The summed E-state index contributed by atoms with van der Waals surface area (Å²) in [5.41, 5.74) is 0.875. The van der Waals surface area contributed by atoms with Crippen LogP contribution in [0, 0.1) is 0 Å². The molecule has 0 spiro atoms. The van der Waals surface area contributed by atoms with E-state index in [1.807, 2.05) is 18.2 Å². The number of benzene rings is 2. The first kappa shape index (κ1) is 18.2. The summed E-state index contributed by atoms with van der Waals surface area (Å²) in [6.07, 6.45) is 0. The molecule has 0 atom stereocenters. The van der Waals surface area contributed by atoms with Gasteiger partial charge in [0.1, 0.15) is 6.61 Å². The van der Waals surface area contributed by atoms with Crippen LogP contribution in [0.4, 0.5) is 0 Å². The molecule has 2 N–H and O–H groups in total. The van der Waals surface area contributed by atoms with Crippen molar-refractivity contribution in [2.24, 2.45) is 0 Å². The highest BCUT2D eigenvalue weighted by Crippen LogP contribution is 2.25. The van der Waals surface area contributed by atoms with Gasteiger partial charge in [-0.25, -0.2) is 4.79 Å². The number of amides is 1. The Morgan fingerprint density at radius 2 is 1.81 bits per heavy atom. The molecule has 3 rings (SSSR count). The number of para-hydroxylation sites is 3. The molecular weight excluding hydrogens is 350 g/mol. The maximum absolute atomic E-state index is 12.1. The normalized spacial score (nSPS) is 10.4. The van der Waals surface area contributed by atoms with Crippen LogP contribution in [0.1, 0.15) is 10.5 Å². The fourth-order valence-electron chi connectivity index (χ4n) is 2.46. The summed E-state index contributed by atoms with van der Waals surface area (Å²) in [6, 6.07) is 14.4. The lowest BCUT2D eigenvalue weighted by Crippen LogP contribution is -2.32. The number of hydrogen-bond donors (Lipinski definition) is 2. The van der Waals surface area contributed by atoms with Crippen molar-refractivity contribution in [3.8, 4) is 11.5 Å². The van der Waals surface area contributed by atoms with Crippen LogP contribution in [-0.4, -0.2) is 48.9 Å². The van der Waals surface area contributed by atoms with E-state index in [1.165, 1.54) is 0 Å². The second-order valence-electron chi connectivity index (χ2n) is 5.54. The Kier molecular flexibility index (Phi) is 5.88. The standard InChI is InChI=1S/C19H19N3O5/c1-25-15-8-4-5-9-16(15)26-11-10-20-17(23)12-27-19(24)18-13-6-2-3-7-14(13)21-22-18/h2-9H,10-12H2,1H3,(H,20,23)(H,21,22). The molecule has 8 heteroatoms. The van der Waals surface area contributed by atoms with Gasteiger partial charge in [-0.3, -0.25) is 9.89 Å². The molecule has 2 aromatic carbocycles. The van der Waals surface area contributed by atoms with Crippen LogP contribution in [0.5, 0.6) is 11.5 Å². The van der Waals surface area contributed by atoms with Gasteiger partial charge < -0.3 is 19.5 Å². The van der Waals surface area contributed by atoms with E-state index in [1.54, 1.807) is 37.4 Å². The van der Waals surface area contributed by atoms with E-state index in [-0.39, 0.29) is 18.8 Å². The Bertz CT molecular complexity index is 938. The third kappa shape index (κ3) is 4.55. The Hall–Kier alpha value is -3.55. The lowest BCUT2D eigenvalue weighted by atomic mass is 10.2. The lowest BCUT2D eigenvalue weighted by Gasteiger charge is -2.10. The average Bonchev–Trinajstić information content (AvgIpc) is 3.14. The number of ether oxygens (including phenoxy) is 3. The summed E-state index contributed by atoms with van der Waals surface area (Å²) >= 11 is 0. The van der Waals surface area contributed by atoms with Gasteiger partial charge >= 0.3 is 5.97 Å². The monoisotopic (exact) mass is 369 g/mol. The van der Waals surface area contributed by atoms with Crippen LogP contribution in [-0.2, 0) is 9.53 Å². The lowest BCUT2D eigenvalue weighted by molar-refractivity contribution is -0.124. The zero-order valence-corrected chi connectivity index (χ0v) is 14.7. The Morgan fingerprint density at radius 1 is 1.07 bits per heavy atom. The number of aromatic amines is 1. The number of nitrogens with zero attached hydrogens (tertiary/aromatic N) is 1. The van der Waals surface area contributed by atoms with E-state index in [0.29, 0.717) is 16.9 Å². The average molecular weight is 369 g/mol. The van der Waals surface area contributed by atoms with Gasteiger partial charge in [-0.2, -0.15) is 5.10 Å². The van der Waals surface area contributed by atoms with Gasteiger partial charge in [0.15, 0.2) is 23.8 Å². The Balaban J connectivity index is 1.41. The topological polar surface area (TPSA) is 103 Å². The minimum absolute atomic E-state index is 0.151. The van der Waals surface area contributed by atoms with Crippen molar-refractivity contribution in [1.82, 2.24) is 15.5 Å². The second kappa shape index (κ2) is 8.70. The Labute approximate surface area is 155 Å². The highest BCUT2D eigenvalue weighted by molar-refractivity contribution is 6.02. The van der Waals surface area contributed by atoms with Crippen LogP contribution >= 0.6 is 0 Å². The molecule has 3 aromatic rings. The molecule has 8 nitrogen and oxygen atoms in total. The van der Waals surface area contributed by atoms with Crippen molar-refractivity contribution in [2.75, 3.05) is 26.9 Å². The predicted molar refractivity (Wildman–Crippen MR) is 97.9 cm³/mol. The zero-order valence-electron chi connectivity index (χ0n) is 14.7. The number of rotatable bonds is 8. The maximum atomic E-state index is 12.1. The largest absolute Gasteiger partial charge is 0.493 e. The van der Waals surface area contributed by atoms with Gasteiger partial charge in [0.2, 0.25) is 0 Å². The van der Waals surface area contributed by atoms with Gasteiger partial charge in [-0.15, -0.1) is 0 Å². The van der Waals surface area contributed by atoms with E-state index in [9.17, 15) is 9.59 Å². The van der Waals surface area contributed by atoms with Crippen molar-refractivity contribution >= 4 is 22.8 Å². The van der Waals surface area contributed by atoms with Crippen LogP contribution in [0.3, 0.4) is 0 Å². The van der Waals surface area contributed by atoms with E-state index in [0.717, 1.165) is 5.52 Å². The highest BCUT2D eigenvalue weighted by Gasteiger charge is 2.16. The Morgan fingerprint density at radius 3 is 2.63 bits per heavy atom. The third-order valence-corrected chi connectivity index (χ3v) is 3.75. The highest BCUT2D eigenvalue weighted by atomic mass is 16.5. The molecule has 0 saturated carbocycles. The molecule has 0 saturated heterocycles. The SMILES string of the molecule is COc1ccccc1OCCNC(=O)COC(=O)c1n[nH]c2ccccc12. The van der Waals surface area contributed by atoms with Crippen molar-refractivity contribution in [3.63, 3.8) is 0 Å². The number of nitrogens with one attached hydrogen (secondary N) is 2. The number of aromatic nitrogens is 2. The summed E-state index contributed by atoms with van der Waals surface area (Å²) < 4.78 is 15.7. The number of fused-ring (bicyclic) bond motifs is 1. The number of esters is 1. The molecule has 0 aliphatic carbocycles. The van der Waals surface area contributed by atoms with Gasteiger partial charge in [0.25, 0.3) is 5.91 Å². The molecule has 0 fully saturated rings. The summed E-state index contributed by atoms with van der Waals surface area (Å²) in [7, 11) is 1.56. The maximum Gasteiger partial charge on any atom is 0.359 e.